The largest absolute Gasteiger partial charge is 0.497 e. The quantitative estimate of drug-likeness (QED) is 0.296. The molecule has 2 aromatic carbocycles. The Labute approximate surface area is 237 Å². The van der Waals surface area contributed by atoms with Crippen LogP contribution >= 0.6 is 0 Å². The summed E-state index contributed by atoms with van der Waals surface area (Å²) in [5.74, 6) is 0.764. The maximum absolute atomic E-state index is 13.6. The normalized spacial score (nSPS) is 16.0. The van der Waals surface area contributed by atoms with Gasteiger partial charge in [-0.15, -0.1) is 0 Å². The van der Waals surface area contributed by atoms with E-state index in [0.717, 1.165) is 25.7 Å². The fraction of sp³-hybridized carbons (Fsp3) is 0.536. The molecule has 0 spiro atoms. The van der Waals surface area contributed by atoms with Gasteiger partial charge in [-0.2, -0.15) is 13.6 Å². The minimum Gasteiger partial charge on any atom is -0.497 e. The number of ether oxygens (including phenoxy) is 1. The van der Waals surface area contributed by atoms with E-state index >= 15 is 0 Å². The Morgan fingerprint density at radius 2 is 1.65 bits per heavy atom. The van der Waals surface area contributed by atoms with Crippen molar-refractivity contribution in [1.29, 1.82) is 0 Å². The molecule has 0 amide bonds. The highest BCUT2D eigenvalue weighted by molar-refractivity contribution is 7.89. The highest BCUT2D eigenvalue weighted by Crippen LogP contribution is 2.29. The van der Waals surface area contributed by atoms with E-state index in [9.17, 15) is 21.9 Å². The van der Waals surface area contributed by atoms with E-state index in [4.69, 9.17) is 9.15 Å². The number of benzene rings is 2. The Bertz CT molecular complexity index is 1430. The topological polar surface area (TPSA) is 130 Å². The molecule has 0 aliphatic heterocycles. The predicted molar refractivity (Wildman–Crippen MR) is 152 cm³/mol. The van der Waals surface area contributed by atoms with Crippen LogP contribution in [0.2, 0.25) is 0 Å². The Kier molecular flexibility index (Phi) is 9.89. The van der Waals surface area contributed by atoms with Crippen LogP contribution in [0.1, 0.15) is 46.0 Å². The van der Waals surface area contributed by atoms with Crippen LogP contribution in [0.3, 0.4) is 0 Å². The lowest BCUT2D eigenvalue weighted by atomic mass is 10.1. The van der Waals surface area contributed by atoms with Gasteiger partial charge in [-0.3, -0.25) is 0 Å². The molecule has 1 atom stereocenters. The van der Waals surface area contributed by atoms with Crippen molar-refractivity contribution in [1.82, 2.24) is 13.6 Å². The molecule has 0 unspecified atom stereocenters. The fourth-order valence-corrected chi connectivity index (χ4v) is 8.08. The molecule has 220 valence electrons. The van der Waals surface area contributed by atoms with Crippen LogP contribution in [0.5, 0.6) is 5.75 Å². The molecule has 1 aromatic heterocycles. The van der Waals surface area contributed by atoms with E-state index in [0.29, 0.717) is 23.4 Å². The Balaban J connectivity index is 1.51. The number of sulfonamides is 2. The SMILES string of the molecule is COc1ccc(S(=O)(=O)N(CC(C)C)C[C@@H](O)CCN(CC2CCCC2)S(=O)(=O)c2nc3ccccc3o2)cc1. The van der Waals surface area contributed by atoms with E-state index in [2.05, 4.69) is 4.98 Å². The van der Waals surface area contributed by atoms with E-state index in [-0.39, 0.29) is 48.0 Å². The van der Waals surface area contributed by atoms with Crippen molar-refractivity contribution in [3.63, 3.8) is 0 Å². The zero-order valence-electron chi connectivity index (χ0n) is 23.3. The van der Waals surface area contributed by atoms with E-state index in [1.165, 1.54) is 27.9 Å². The zero-order valence-corrected chi connectivity index (χ0v) is 24.9. The van der Waals surface area contributed by atoms with Crippen LogP contribution in [0.25, 0.3) is 11.1 Å². The Morgan fingerprint density at radius 1 is 0.975 bits per heavy atom. The minimum atomic E-state index is -4.07. The van der Waals surface area contributed by atoms with Gasteiger partial charge in [-0.25, -0.2) is 16.8 Å². The van der Waals surface area contributed by atoms with Crippen LogP contribution in [0, 0.1) is 11.8 Å². The number of hydrogen-bond donors (Lipinski definition) is 1. The van der Waals surface area contributed by atoms with E-state index in [1.54, 1.807) is 36.4 Å². The lowest BCUT2D eigenvalue weighted by Crippen LogP contribution is -2.42. The van der Waals surface area contributed by atoms with E-state index in [1.807, 2.05) is 13.8 Å². The van der Waals surface area contributed by atoms with Crippen LogP contribution in [0.15, 0.2) is 63.1 Å². The fourth-order valence-electron chi connectivity index (χ4n) is 5.06. The average molecular weight is 594 g/mol. The molecule has 4 rings (SSSR count). The second kappa shape index (κ2) is 13.0. The number of fused-ring (bicyclic) bond motifs is 1. The number of aliphatic hydroxyl groups is 1. The van der Waals surface area contributed by atoms with Crippen molar-refractivity contribution < 1.29 is 31.1 Å². The average Bonchev–Trinajstić information content (AvgIpc) is 3.60. The van der Waals surface area contributed by atoms with Crippen molar-refractivity contribution in [3.05, 3.63) is 48.5 Å². The highest BCUT2D eigenvalue weighted by Gasteiger charge is 2.34. The molecule has 10 nitrogen and oxygen atoms in total. The summed E-state index contributed by atoms with van der Waals surface area (Å²) in [6, 6.07) is 13.0. The van der Waals surface area contributed by atoms with Crippen molar-refractivity contribution in [2.24, 2.45) is 11.8 Å². The number of aliphatic hydroxyl groups excluding tert-OH is 1. The number of para-hydroxylation sites is 2. The van der Waals surface area contributed by atoms with Gasteiger partial charge >= 0.3 is 5.22 Å². The van der Waals surface area contributed by atoms with Gasteiger partial charge in [-0.05, 0) is 67.5 Å². The molecular weight excluding hydrogens is 554 g/mol. The number of methoxy groups -OCH3 is 1. The number of hydrogen-bond acceptors (Lipinski definition) is 8. The first kappa shape index (κ1) is 30.4. The monoisotopic (exact) mass is 593 g/mol. The second-order valence-electron chi connectivity index (χ2n) is 10.8. The molecule has 1 fully saturated rings. The highest BCUT2D eigenvalue weighted by atomic mass is 32.2. The molecule has 0 saturated heterocycles. The minimum absolute atomic E-state index is 0.0107. The molecule has 40 heavy (non-hydrogen) atoms. The number of nitrogens with zero attached hydrogens (tertiary/aromatic N) is 3. The molecule has 0 bridgehead atoms. The van der Waals surface area contributed by atoms with Crippen molar-refractivity contribution in [2.45, 2.75) is 62.2 Å². The van der Waals surface area contributed by atoms with Crippen LogP contribution in [-0.2, 0) is 20.0 Å². The molecule has 12 heteroatoms. The first-order chi connectivity index (χ1) is 19.0. The van der Waals surface area contributed by atoms with Crippen molar-refractivity contribution >= 4 is 31.1 Å². The number of rotatable bonds is 14. The smallest absolute Gasteiger partial charge is 0.332 e. The van der Waals surface area contributed by atoms with Crippen molar-refractivity contribution in [2.75, 3.05) is 33.3 Å². The van der Waals surface area contributed by atoms with Gasteiger partial charge in [0, 0.05) is 26.2 Å². The third kappa shape index (κ3) is 7.22. The van der Waals surface area contributed by atoms with Gasteiger partial charge in [0.15, 0.2) is 5.58 Å². The lowest BCUT2D eigenvalue weighted by molar-refractivity contribution is 0.125. The predicted octanol–water partition coefficient (Wildman–Crippen LogP) is 4.12. The third-order valence-electron chi connectivity index (χ3n) is 7.16. The van der Waals surface area contributed by atoms with E-state index < -0.39 is 26.2 Å². The maximum Gasteiger partial charge on any atom is 0.332 e. The standard InChI is InChI=1S/C28H39N3O7S2/c1-21(2)18-31(39(33,34)25-14-12-24(37-3)13-15-25)20-23(32)16-17-30(19-22-8-4-5-9-22)40(35,36)28-29-26-10-6-7-11-27(26)38-28/h6-7,10-15,21-23,32H,4-5,8-9,16-20H2,1-3H3/t23-/m0/s1. The van der Waals surface area contributed by atoms with Gasteiger partial charge in [0.2, 0.25) is 10.0 Å². The Morgan fingerprint density at radius 3 is 2.27 bits per heavy atom. The van der Waals surface area contributed by atoms with Crippen LogP contribution < -0.4 is 4.74 Å². The molecule has 1 saturated carbocycles. The molecule has 1 aliphatic rings. The summed E-state index contributed by atoms with van der Waals surface area (Å²) in [6.45, 7) is 4.16. The van der Waals surface area contributed by atoms with Gasteiger partial charge in [-0.1, -0.05) is 38.8 Å². The molecule has 1 aliphatic carbocycles. The second-order valence-corrected chi connectivity index (χ2v) is 14.5. The Hall–Kier alpha value is -2.51. The molecule has 3 aromatic rings. The van der Waals surface area contributed by atoms with Crippen LogP contribution in [-0.4, -0.2) is 74.9 Å². The van der Waals surface area contributed by atoms with Gasteiger partial charge in [0.25, 0.3) is 10.0 Å². The summed E-state index contributed by atoms with van der Waals surface area (Å²) in [5, 5.41) is 10.6. The first-order valence-corrected chi connectivity index (χ1v) is 16.6. The summed E-state index contributed by atoms with van der Waals surface area (Å²) in [5.41, 5.74) is 0.838. The number of oxazole rings is 1. The maximum atomic E-state index is 13.6. The zero-order chi connectivity index (χ0) is 28.9. The molecule has 0 radical (unpaired) electrons. The van der Waals surface area contributed by atoms with Gasteiger partial charge in [0.1, 0.15) is 11.3 Å². The summed E-state index contributed by atoms with van der Waals surface area (Å²) < 4.78 is 67.5. The van der Waals surface area contributed by atoms with Gasteiger partial charge in [0.05, 0.1) is 18.1 Å². The summed E-state index contributed by atoms with van der Waals surface area (Å²) in [6.07, 6.45) is 2.94. The lowest BCUT2D eigenvalue weighted by Gasteiger charge is -2.28. The summed E-state index contributed by atoms with van der Waals surface area (Å²) in [4.78, 5) is 4.31. The third-order valence-corrected chi connectivity index (χ3v) is 10.6. The first-order valence-electron chi connectivity index (χ1n) is 13.7. The summed E-state index contributed by atoms with van der Waals surface area (Å²) in [7, 11) is -6.46. The summed E-state index contributed by atoms with van der Waals surface area (Å²) >= 11 is 0. The molecular formula is C28H39N3O7S2. The van der Waals surface area contributed by atoms with Crippen molar-refractivity contribution in [3.8, 4) is 5.75 Å². The molecule has 1 N–H and O–H groups in total. The van der Waals surface area contributed by atoms with Crippen LogP contribution in [0.4, 0.5) is 0 Å². The van der Waals surface area contributed by atoms with Gasteiger partial charge < -0.3 is 14.3 Å². The molecule has 1 heterocycles. The number of aromatic nitrogens is 1.